The van der Waals surface area contributed by atoms with Crippen molar-refractivity contribution in [1.82, 2.24) is 14.8 Å². The monoisotopic (exact) mass is 201 g/mol. The van der Waals surface area contributed by atoms with Gasteiger partial charge in [-0.05, 0) is 24.6 Å². The minimum Gasteiger partial charge on any atom is -0.419 e. The van der Waals surface area contributed by atoms with E-state index in [4.69, 9.17) is 4.42 Å². The van der Waals surface area contributed by atoms with Crippen molar-refractivity contribution in [3.8, 4) is 0 Å². The van der Waals surface area contributed by atoms with Crippen molar-refractivity contribution in [3.05, 3.63) is 40.4 Å². The minimum atomic E-state index is -0.420. The molecule has 0 aliphatic heterocycles. The van der Waals surface area contributed by atoms with Gasteiger partial charge in [0.15, 0.2) is 11.1 Å². The topological polar surface area (TPSA) is 60.4 Å². The second-order valence-electron chi connectivity index (χ2n) is 3.39. The molecule has 0 unspecified atom stereocenters. The van der Waals surface area contributed by atoms with Gasteiger partial charge < -0.3 is 4.42 Å². The van der Waals surface area contributed by atoms with Gasteiger partial charge in [-0.3, -0.25) is 0 Å². The standard InChI is InChI=1S/C10H7N3O2/c1-6-2-3-9-7(4-6)13-8(5-11-12-13)10(14)15-9/h2-5H,1H3. The van der Waals surface area contributed by atoms with Gasteiger partial charge in [-0.2, -0.15) is 0 Å². The van der Waals surface area contributed by atoms with Gasteiger partial charge in [-0.1, -0.05) is 11.3 Å². The van der Waals surface area contributed by atoms with E-state index in [9.17, 15) is 4.79 Å². The summed E-state index contributed by atoms with van der Waals surface area (Å²) in [6, 6.07) is 5.54. The molecule has 3 rings (SSSR count). The fourth-order valence-electron chi connectivity index (χ4n) is 1.58. The van der Waals surface area contributed by atoms with E-state index < -0.39 is 5.63 Å². The van der Waals surface area contributed by atoms with Crippen molar-refractivity contribution >= 4 is 16.6 Å². The number of hydrogen-bond donors (Lipinski definition) is 0. The van der Waals surface area contributed by atoms with Gasteiger partial charge in [0.1, 0.15) is 5.52 Å². The summed E-state index contributed by atoms with van der Waals surface area (Å²) in [5.74, 6) is 0. The van der Waals surface area contributed by atoms with Gasteiger partial charge in [-0.25, -0.2) is 9.31 Å². The quantitative estimate of drug-likeness (QED) is 0.547. The Kier molecular flexibility index (Phi) is 1.45. The molecule has 2 aromatic heterocycles. The van der Waals surface area contributed by atoms with Crippen molar-refractivity contribution < 1.29 is 4.42 Å². The van der Waals surface area contributed by atoms with E-state index in [1.165, 1.54) is 10.7 Å². The molecule has 5 nitrogen and oxygen atoms in total. The molecule has 0 saturated heterocycles. The third-order valence-electron chi connectivity index (χ3n) is 2.30. The molecule has 0 spiro atoms. The number of benzene rings is 1. The maximum atomic E-state index is 11.5. The maximum Gasteiger partial charge on any atom is 0.364 e. The lowest BCUT2D eigenvalue weighted by Gasteiger charge is -1.99. The SMILES string of the molecule is Cc1ccc2oc(=O)c3cnnn3c2c1. The summed E-state index contributed by atoms with van der Waals surface area (Å²) in [5, 5.41) is 7.55. The molecule has 0 fully saturated rings. The first-order valence-electron chi connectivity index (χ1n) is 4.49. The lowest BCUT2D eigenvalue weighted by molar-refractivity contribution is 0.559. The lowest BCUT2D eigenvalue weighted by atomic mass is 10.2. The van der Waals surface area contributed by atoms with Gasteiger partial charge in [0.05, 0.1) is 6.20 Å². The third kappa shape index (κ3) is 1.06. The number of aryl methyl sites for hydroxylation is 1. The number of hydrogen-bond acceptors (Lipinski definition) is 4. The molecular formula is C10H7N3O2. The van der Waals surface area contributed by atoms with Crippen LogP contribution in [0.5, 0.6) is 0 Å². The minimum absolute atomic E-state index is 0.355. The molecule has 0 atom stereocenters. The molecule has 15 heavy (non-hydrogen) atoms. The van der Waals surface area contributed by atoms with Crippen LogP contribution in [0.2, 0.25) is 0 Å². The first-order chi connectivity index (χ1) is 7.25. The summed E-state index contributed by atoms with van der Waals surface area (Å²) in [6.45, 7) is 1.97. The van der Waals surface area contributed by atoms with Crippen LogP contribution >= 0.6 is 0 Å². The van der Waals surface area contributed by atoms with Gasteiger partial charge in [0, 0.05) is 0 Å². The van der Waals surface area contributed by atoms with Crippen molar-refractivity contribution in [2.75, 3.05) is 0 Å². The van der Waals surface area contributed by atoms with E-state index in [0.717, 1.165) is 11.1 Å². The van der Waals surface area contributed by atoms with Crippen molar-refractivity contribution in [2.45, 2.75) is 6.92 Å². The third-order valence-corrected chi connectivity index (χ3v) is 2.30. The lowest BCUT2D eigenvalue weighted by Crippen LogP contribution is -2.04. The highest BCUT2D eigenvalue weighted by atomic mass is 16.4. The fraction of sp³-hybridized carbons (Fsp3) is 0.100. The van der Waals surface area contributed by atoms with E-state index in [2.05, 4.69) is 10.3 Å². The van der Waals surface area contributed by atoms with E-state index >= 15 is 0 Å². The Balaban J connectivity index is 2.67. The Hall–Kier alpha value is -2.17. The van der Waals surface area contributed by atoms with Crippen LogP contribution in [0.4, 0.5) is 0 Å². The molecule has 0 aliphatic carbocycles. The van der Waals surface area contributed by atoms with Crippen LogP contribution in [0, 0.1) is 6.92 Å². The Bertz CT molecular complexity index is 711. The summed E-state index contributed by atoms with van der Waals surface area (Å²) in [7, 11) is 0. The van der Waals surface area contributed by atoms with Crippen molar-refractivity contribution in [3.63, 3.8) is 0 Å². The number of nitrogens with zero attached hydrogens (tertiary/aromatic N) is 3. The van der Waals surface area contributed by atoms with Crippen LogP contribution in [-0.4, -0.2) is 14.8 Å². The van der Waals surface area contributed by atoms with Crippen LogP contribution in [0.15, 0.2) is 33.6 Å². The molecule has 2 heterocycles. The van der Waals surface area contributed by atoms with Crippen LogP contribution in [0.25, 0.3) is 16.6 Å². The zero-order valence-electron chi connectivity index (χ0n) is 7.97. The Labute approximate surface area is 83.9 Å². The number of rotatable bonds is 0. The Morgan fingerprint density at radius 3 is 3.07 bits per heavy atom. The molecule has 0 saturated carbocycles. The molecule has 0 bridgehead atoms. The second-order valence-corrected chi connectivity index (χ2v) is 3.39. The van der Waals surface area contributed by atoms with E-state index in [-0.39, 0.29) is 0 Å². The average Bonchev–Trinajstić information content (AvgIpc) is 2.69. The van der Waals surface area contributed by atoms with Gasteiger partial charge in [0.2, 0.25) is 0 Å². The Morgan fingerprint density at radius 1 is 1.33 bits per heavy atom. The molecule has 0 amide bonds. The van der Waals surface area contributed by atoms with E-state index in [0.29, 0.717) is 11.1 Å². The fourth-order valence-corrected chi connectivity index (χ4v) is 1.58. The van der Waals surface area contributed by atoms with Crippen LogP contribution in [0.1, 0.15) is 5.56 Å². The number of aromatic nitrogens is 3. The summed E-state index contributed by atoms with van der Waals surface area (Å²) < 4.78 is 6.63. The zero-order chi connectivity index (χ0) is 10.4. The van der Waals surface area contributed by atoms with Crippen LogP contribution in [-0.2, 0) is 0 Å². The highest BCUT2D eigenvalue weighted by Gasteiger charge is 2.07. The molecule has 0 radical (unpaired) electrons. The maximum absolute atomic E-state index is 11.5. The second kappa shape index (κ2) is 2.66. The highest BCUT2D eigenvalue weighted by Crippen LogP contribution is 2.14. The van der Waals surface area contributed by atoms with Gasteiger partial charge in [-0.15, -0.1) is 5.10 Å². The smallest absolute Gasteiger partial charge is 0.364 e. The molecular weight excluding hydrogens is 194 g/mol. The molecule has 1 aromatic carbocycles. The first kappa shape index (κ1) is 8.16. The zero-order valence-corrected chi connectivity index (χ0v) is 7.97. The summed E-state index contributed by atoms with van der Waals surface area (Å²) >= 11 is 0. The highest BCUT2D eigenvalue weighted by molar-refractivity contribution is 5.75. The largest absolute Gasteiger partial charge is 0.419 e. The average molecular weight is 201 g/mol. The van der Waals surface area contributed by atoms with Crippen LogP contribution in [0.3, 0.4) is 0 Å². The Morgan fingerprint density at radius 2 is 2.20 bits per heavy atom. The molecule has 5 heteroatoms. The van der Waals surface area contributed by atoms with E-state index in [1.807, 2.05) is 19.1 Å². The van der Waals surface area contributed by atoms with Crippen LogP contribution < -0.4 is 5.63 Å². The van der Waals surface area contributed by atoms with Crippen molar-refractivity contribution in [2.24, 2.45) is 0 Å². The normalized spacial score (nSPS) is 11.3. The predicted molar refractivity (Wildman–Crippen MR) is 53.8 cm³/mol. The molecule has 74 valence electrons. The summed E-state index contributed by atoms with van der Waals surface area (Å²) in [4.78, 5) is 11.5. The summed E-state index contributed by atoms with van der Waals surface area (Å²) in [5.41, 5.74) is 2.28. The van der Waals surface area contributed by atoms with Gasteiger partial charge in [0.25, 0.3) is 0 Å². The molecule has 0 N–H and O–H groups in total. The van der Waals surface area contributed by atoms with Gasteiger partial charge >= 0.3 is 5.63 Å². The predicted octanol–water partition coefficient (Wildman–Crippen LogP) is 1.14. The first-order valence-corrected chi connectivity index (χ1v) is 4.49. The van der Waals surface area contributed by atoms with E-state index in [1.54, 1.807) is 6.07 Å². The summed E-state index contributed by atoms with van der Waals surface area (Å²) in [6.07, 6.45) is 1.40. The van der Waals surface area contributed by atoms with Crippen molar-refractivity contribution in [1.29, 1.82) is 0 Å². The molecule has 3 aromatic rings. The molecule has 0 aliphatic rings. The number of fused-ring (bicyclic) bond motifs is 3.